The van der Waals surface area contributed by atoms with Gasteiger partial charge in [-0.3, -0.25) is 0 Å². The van der Waals surface area contributed by atoms with Gasteiger partial charge in [0, 0.05) is 32.4 Å². The Bertz CT molecular complexity index is 1550. The van der Waals surface area contributed by atoms with E-state index in [1.807, 2.05) is 54.6 Å². The van der Waals surface area contributed by atoms with Gasteiger partial charge in [-0.2, -0.15) is 0 Å². The summed E-state index contributed by atoms with van der Waals surface area (Å²) in [5.74, 6) is 0. The van der Waals surface area contributed by atoms with Crippen LogP contribution in [0.3, 0.4) is 0 Å². The van der Waals surface area contributed by atoms with Crippen LogP contribution in [0.4, 0.5) is 5.69 Å². The van der Waals surface area contributed by atoms with Gasteiger partial charge in [0.2, 0.25) is 5.12 Å². The van der Waals surface area contributed by atoms with Crippen LogP contribution in [-0.2, 0) is 5.12 Å². The normalized spacial score (nSPS) is 16.6. The second-order valence-electron chi connectivity index (χ2n) is 8.72. The van der Waals surface area contributed by atoms with E-state index in [1.54, 1.807) is 0 Å². The molecule has 0 fully saturated rings. The molecule has 0 saturated heterocycles. The first-order valence-electron chi connectivity index (χ1n) is 11.8. The smallest absolute Gasteiger partial charge is 0.233 e. The number of anilines is 1. The van der Waals surface area contributed by atoms with E-state index in [0.717, 1.165) is 54.8 Å². The number of fused-ring (bicyclic) bond motifs is 1. The maximum atomic E-state index is 7.24. The quantitative estimate of drug-likeness (QED) is 0.175. The second-order valence-corrected chi connectivity index (χ2v) is 10.2. The number of aliphatic imine (C=N–C) groups is 1. The van der Waals surface area contributed by atoms with Crippen molar-refractivity contribution in [2.75, 3.05) is 5.32 Å². The SMILES string of the molecule is ClC1(c2ccccc2)N=C(c2ccccc2)c2c(ccc(-c3ccccc3)c2-c2ccc(Br)cc2)N1. The minimum Gasteiger partial charge on any atom is -0.344 e. The maximum absolute atomic E-state index is 7.24. The van der Waals surface area contributed by atoms with Crippen molar-refractivity contribution in [2.24, 2.45) is 4.99 Å². The van der Waals surface area contributed by atoms with E-state index in [-0.39, 0.29) is 0 Å². The molecule has 1 heterocycles. The summed E-state index contributed by atoms with van der Waals surface area (Å²) in [6.45, 7) is 0. The molecule has 0 saturated carbocycles. The molecule has 1 atom stereocenters. The number of alkyl halides is 1. The van der Waals surface area contributed by atoms with E-state index in [2.05, 4.69) is 94.0 Å². The van der Waals surface area contributed by atoms with Gasteiger partial charge in [-0.25, -0.2) is 4.99 Å². The summed E-state index contributed by atoms with van der Waals surface area (Å²) in [5, 5.41) is 2.44. The fourth-order valence-electron chi connectivity index (χ4n) is 4.74. The summed E-state index contributed by atoms with van der Waals surface area (Å²) >= 11 is 10.8. The predicted molar refractivity (Wildman–Crippen MR) is 155 cm³/mol. The molecule has 1 aliphatic rings. The van der Waals surface area contributed by atoms with E-state index < -0.39 is 5.12 Å². The lowest BCUT2D eigenvalue weighted by atomic mass is 9.85. The van der Waals surface area contributed by atoms with Crippen LogP contribution in [0.25, 0.3) is 22.3 Å². The molecule has 1 aliphatic heterocycles. The van der Waals surface area contributed by atoms with Gasteiger partial charge in [-0.15, -0.1) is 0 Å². The number of halogens is 2. The minimum absolute atomic E-state index is 0.860. The molecular weight excluding hydrogens is 528 g/mol. The average molecular weight is 550 g/mol. The third-order valence-corrected chi connectivity index (χ3v) is 7.36. The molecule has 4 heteroatoms. The lowest BCUT2D eigenvalue weighted by molar-refractivity contribution is 0.736. The highest BCUT2D eigenvalue weighted by Crippen LogP contribution is 2.46. The van der Waals surface area contributed by atoms with Crippen LogP contribution in [0.2, 0.25) is 0 Å². The molecule has 36 heavy (non-hydrogen) atoms. The molecule has 5 aromatic carbocycles. The molecule has 5 aromatic rings. The topological polar surface area (TPSA) is 24.4 Å². The molecule has 0 amide bonds. The highest BCUT2D eigenvalue weighted by atomic mass is 79.9. The summed E-state index contributed by atoms with van der Waals surface area (Å²) in [5.41, 5.74) is 9.28. The Morgan fingerprint density at radius 3 is 1.81 bits per heavy atom. The molecule has 0 radical (unpaired) electrons. The van der Waals surface area contributed by atoms with Crippen LogP contribution in [0, 0.1) is 0 Å². The molecule has 0 aromatic heterocycles. The Hall–Kier alpha value is -3.66. The monoisotopic (exact) mass is 548 g/mol. The Morgan fingerprint density at radius 1 is 0.583 bits per heavy atom. The third kappa shape index (κ3) is 4.15. The Labute approximate surface area is 224 Å². The highest BCUT2D eigenvalue weighted by molar-refractivity contribution is 9.10. The first-order valence-corrected chi connectivity index (χ1v) is 13.0. The molecule has 0 bridgehead atoms. The van der Waals surface area contributed by atoms with Crippen molar-refractivity contribution in [3.63, 3.8) is 0 Å². The number of hydrogen-bond donors (Lipinski definition) is 1. The van der Waals surface area contributed by atoms with Gasteiger partial charge < -0.3 is 5.32 Å². The van der Waals surface area contributed by atoms with Crippen molar-refractivity contribution in [2.45, 2.75) is 5.12 Å². The van der Waals surface area contributed by atoms with E-state index in [1.165, 1.54) is 0 Å². The van der Waals surface area contributed by atoms with E-state index >= 15 is 0 Å². The fraction of sp³-hybridized carbons (Fsp3) is 0.0312. The molecule has 1 N–H and O–H groups in total. The summed E-state index contributed by atoms with van der Waals surface area (Å²) in [7, 11) is 0. The molecule has 0 spiro atoms. The first-order chi connectivity index (χ1) is 17.6. The molecule has 1 unspecified atom stereocenters. The van der Waals surface area contributed by atoms with Gasteiger partial charge in [0.1, 0.15) is 0 Å². The van der Waals surface area contributed by atoms with E-state index in [0.29, 0.717) is 0 Å². The van der Waals surface area contributed by atoms with Crippen molar-refractivity contribution < 1.29 is 0 Å². The number of rotatable bonds is 4. The molecule has 2 nitrogen and oxygen atoms in total. The van der Waals surface area contributed by atoms with Gasteiger partial charge in [0.05, 0.1) is 5.71 Å². The summed E-state index contributed by atoms with van der Waals surface area (Å²) in [6.07, 6.45) is 0. The number of benzene rings is 5. The van der Waals surface area contributed by atoms with Gasteiger partial charge in [-0.05, 0) is 34.9 Å². The van der Waals surface area contributed by atoms with Crippen molar-refractivity contribution in [3.8, 4) is 22.3 Å². The van der Waals surface area contributed by atoms with Crippen LogP contribution >= 0.6 is 27.5 Å². The zero-order valence-corrected chi connectivity index (χ0v) is 21.7. The standard InChI is InChI=1S/C32H22BrClN2/c33-26-18-16-23(17-19-26)29-27(22-10-4-1-5-11-22)20-21-28-30(29)31(24-12-6-2-7-13-24)36-32(34,35-28)25-14-8-3-9-15-25/h1-21,35H. The van der Waals surface area contributed by atoms with Crippen molar-refractivity contribution >= 4 is 38.9 Å². The summed E-state index contributed by atoms with van der Waals surface area (Å²) in [6, 6.07) is 43.5. The highest BCUT2D eigenvalue weighted by Gasteiger charge is 2.36. The van der Waals surface area contributed by atoms with Crippen LogP contribution in [0.5, 0.6) is 0 Å². The van der Waals surface area contributed by atoms with Gasteiger partial charge >= 0.3 is 0 Å². The molecular formula is C32H22BrClN2. The van der Waals surface area contributed by atoms with Gasteiger partial charge in [-0.1, -0.05) is 137 Å². The third-order valence-electron chi connectivity index (χ3n) is 6.43. The Morgan fingerprint density at radius 2 is 1.17 bits per heavy atom. The van der Waals surface area contributed by atoms with Gasteiger partial charge in [0.25, 0.3) is 0 Å². The summed E-state index contributed by atoms with van der Waals surface area (Å²) < 4.78 is 1.04. The van der Waals surface area contributed by atoms with Crippen LogP contribution in [0.15, 0.2) is 137 Å². The molecule has 6 rings (SSSR count). The Kier molecular flexibility index (Phi) is 5.96. The lowest BCUT2D eigenvalue weighted by Gasteiger charge is -2.34. The number of nitrogens with zero attached hydrogens (tertiary/aromatic N) is 1. The van der Waals surface area contributed by atoms with E-state index in [9.17, 15) is 0 Å². The minimum atomic E-state index is -1.12. The summed E-state index contributed by atoms with van der Waals surface area (Å²) in [4.78, 5) is 5.20. The van der Waals surface area contributed by atoms with Crippen LogP contribution in [-0.4, -0.2) is 5.71 Å². The zero-order valence-electron chi connectivity index (χ0n) is 19.3. The van der Waals surface area contributed by atoms with Crippen molar-refractivity contribution in [1.29, 1.82) is 0 Å². The lowest BCUT2D eigenvalue weighted by Crippen LogP contribution is -2.34. The number of hydrogen-bond acceptors (Lipinski definition) is 2. The van der Waals surface area contributed by atoms with Crippen LogP contribution < -0.4 is 5.32 Å². The largest absolute Gasteiger partial charge is 0.344 e. The second kappa shape index (κ2) is 9.42. The predicted octanol–water partition coefficient (Wildman–Crippen LogP) is 9.10. The molecule has 0 aliphatic carbocycles. The zero-order chi connectivity index (χ0) is 24.5. The van der Waals surface area contributed by atoms with E-state index in [4.69, 9.17) is 16.6 Å². The van der Waals surface area contributed by atoms with Gasteiger partial charge in [0.15, 0.2) is 0 Å². The average Bonchev–Trinajstić information content (AvgIpc) is 2.94. The molecule has 174 valence electrons. The first kappa shape index (κ1) is 22.8. The van der Waals surface area contributed by atoms with Crippen LogP contribution in [0.1, 0.15) is 16.7 Å². The fourth-order valence-corrected chi connectivity index (χ4v) is 5.32. The number of nitrogens with one attached hydrogen (secondary N) is 1. The van der Waals surface area contributed by atoms with Crippen molar-refractivity contribution in [3.05, 3.63) is 149 Å². The Balaban J connectivity index is 1.68. The van der Waals surface area contributed by atoms with Crippen molar-refractivity contribution in [1.82, 2.24) is 0 Å². The maximum Gasteiger partial charge on any atom is 0.233 e.